The minimum atomic E-state index is -1.79. The second-order valence-electron chi connectivity index (χ2n) is 22.8. The number of rotatable bonds is 52. The average molecular weight is 1170 g/mol. The van der Waals surface area contributed by atoms with Crippen molar-refractivity contribution in [1.82, 2.24) is 5.32 Å². The van der Waals surface area contributed by atoms with Gasteiger partial charge in [-0.05, 0) is 89.9 Å². The Bertz CT molecular complexity index is 1760. The summed E-state index contributed by atoms with van der Waals surface area (Å²) < 4.78 is 22.8. The van der Waals surface area contributed by atoms with E-state index in [4.69, 9.17) is 18.9 Å². The van der Waals surface area contributed by atoms with E-state index in [2.05, 4.69) is 104 Å². The third kappa shape index (κ3) is 37.9. The van der Waals surface area contributed by atoms with Crippen molar-refractivity contribution >= 4 is 5.91 Å². The summed E-state index contributed by atoms with van der Waals surface area (Å²) in [6, 6.07) is -0.941. The number of ether oxygens (including phenoxy) is 4. The van der Waals surface area contributed by atoms with Crippen LogP contribution in [0.15, 0.2) is 97.2 Å². The van der Waals surface area contributed by atoms with E-state index in [0.717, 1.165) is 77.0 Å². The smallest absolute Gasteiger partial charge is 0.220 e. The van der Waals surface area contributed by atoms with Gasteiger partial charge in [0.15, 0.2) is 12.6 Å². The van der Waals surface area contributed by atoms with Crippen LogP contribution in [0.1, 0.15) is 239 Å². The summed E-state index contributed by atoms with van der Waals surface area (Å²) in [5.74, 6) is -0.255. The first-order valence-electron chi connectivity index (χ1n) is 33.0. The zero-order valence-electron chi connectivity index (χ0n) is 51.7. The fourth-order valence-corrected chi connectivity index (χ4v) is 10.2. The first kappa shape index (κ1) is 76.0. The van der Waals surface area contributed by atoms with Crippen molar-refractivity contribution in [2.24, 2.45) is 0 Å². The first-order valence-corrected chi connectivity index (χ1v) is 33.0. The third-order valence-corrected chi connectivity index (χ3v) is 15.5. The Hall–Kier alpha value is -3.09. The second kappa shape index (κ2) is 53.2. The van der Waals surface area contributed by atoms with Crippen LogP contribution in [0.3, 0.4) is 0 Å². The number of nitrogens with one attached hydrogen (secondary N) is 1. The fourth-order valence-electron chi connectivity index (χ4n) is 10.2. The molecule has 0 aromatic rings. The molecule has 2 aliphatic rings. The number of amides is 1. The van der Waals surface area contributed by atoms with E-state index in [-0.39, 0.29) is 18.9 Å². The molecule has 0 spiro atoms. The fraction of sp³-hybridized carbons (Fsp3) is 0.754. The summed E-state index contributed by atoms with van der Waals surface area (Å²) in [6.07, 6.45) is 57.6. The first-order chi connectivity index (χ1) is 40.6. The topological polar surface area (TPSA) is 228 Å². The molecule has 83 heavy (non-hydrogen) atoms. The van der Waals surface area contributed by atoms with Gasteiger partial charge in [-0.15, -0.1) is 0 Å². The van der Waals surface area contributed by atoms with Crippen LogP contribution in [0.2, 0.25) is 0 Å². The van der Waals surface area contributed by atoms with Crippen molar-refractivity contribution in [3.8, 4) is 0 Å². The monoisotopic (exact) mass is 1170 g/mol. The minimum absolute atomic E-state index is 0.255. The largest absolute Gasteiger partial charge is 0.394 e. The van der Waals surface area contributed by atoms with E-state index >= 15 is 0 Å². The van der Waals surface area contributed by atoms with Gasteiger partial charge >= 0.3 is 0 Å². The van der Waals surface area contributed by atoms with Crippen LogP contribution in [-0.2, 0) is 23.7 Å². The second-order valence-corrected chi connectivity index (χ2v) is 22.8. The predicted octanol–water partition coefficient (Wildman–Crippen LogP) is 12.6. The molecule has 2 saturated heterocycles. The van der Waals surface area contributed by atoms with Gasteiger partial charge in [0.25, 0.3) is 0 Å². The Labute approximate surface area is 503 Å². The van der Waals surface area contributed by atoms with Gasteiger partial charge in [-0.3, -0.25) is 4.79 Å². The number of carbonyl (C=O) groups is 1. The zero-order chi connectivity index (χ0) is 60.2. The molecule has 478 valence electrons. The lowest BCUT2D eigenvalue weighted by Crippen LogP contribution is -2.65. The average Bonchev–Trinajstić information content (AvgIpc) is 3.64. The van der Waals surface area contributed by atoms with Crippen molar-refractivity contribution in [2.45, 2.75) is 312 Å². The van der Waals surface area contributed by atoms with Crippen LogP contribution in [0.4, 0.5) is 0 Å². The van der Waals surface area contributed by atoms with Gasteiger partial charge in [0.1, 0.15) is 48.8 Å². The lowest BCUT2D eigenvalue weighted by atomic mass is 9.97. The molecule has 1 amide bonds. The highest BCUT2D eigenvalue weighted by molar-refractivity contribution is 5.76. The Morgan fingerprint density at radius 1 is 0.446 bits per heavy atom. The molecule has 2 rings (SSSR count). The Balaban J connectivity index is 1.63. The van der Waals surface area contributed by atoms with E-state index in [1.165, 1.54) is 128 Å². The maximum Gasteiger partial charge on any atom is 0.220 e. The summed E-state index contributed by atoms with van der Waals surface area (Å²) >= 11 is 0. The van der Waals surface area contributed by atoms with Gasteiger partial charge in [0, 0.05) is 6.42 Å². The molecule has 0 saturated carbocycles. The van der Waals surface area contributed by atoms with E-state index < -0.39 is 86.8 Å². The van der Waals surface area contributed by atoms with E-state index in [0.29, 0.717) is 12.8 Å². The number of unbranched alkanes of at least 4 members (excludes halogenated alkanes) is 25. The van der Waals surface area contributed by atoms with Crippen molar-refractivity contribution < 1.29 is 64.6 Å². The number of allylic oxidation sites excluding steroid dienone is 15. The summed E-state index contributed by atoms with van der Waals surface area (Å²) in [4.78, 5) is 13.3. The van der Waals surface area contributed by atoms with Crippen molar-refractivity contribution in [3.63, 3.8) is 0 Å². The zero-order valence-corrected chi connectivity index (χ0v) is 51.7. The van der Waals surface area contributed by atoms with Crippen LogP contribution < -0.4 is 5.32 Å². The van der Waals surface area contributed by atoms with Crippen LogP contribution in [-0.4, -0.2) is 140 Å². The number of aliphatic hydroxyl groups excluding tert-OH is 8. The molecule has 0 bridgehead atoms. The summed E-state index contributed by atoms with van der Waals surface area (Å²) in [5, 5.41) is 87.1. The molecule has 0 aromatic heterocycles. The number of hydrogen-bond acceptors (Lipinski definition) is 13. The van der Waals surface area contributed by atoms with Crippen LogP contribution in [0.5, 0.6) is 0 Å². The van der Waals surface area contributed by atoms with Gasteiger partial charge < -0.3 is 65.1 Å². The molecule has 2 aliphatic heterocycles. The van der Waals surface area contributed by atoms with Gasteiger partial charge in [0.2, 0.25) is 5.91 Å². The molecule has 2 fully saturated rings. The molecule has 0 aliphatic carbocycles. The molecule has 0 radical (unpaired) electrons. The molecule has 2 heterocycles. The number of aliphatic hydroxyl groups is 8. The van der Waals surface area contributed by atoms with E-state index in [1.54, 1.807) is 6.08 Å². The lowest BCUT2D eigenvalue weighted by molar-refractivity contribution is -0.359. The summed E-state index contributed by atoms with van der Waals surface area (Å²) in [7, 11) is 0. The molecule has 12 atom stereocenters. The third-order valence-electron chi connectivity index (χ3n) is 15.5. The van der Waals surface area contributed by atoms with Crippen molar-refractivity contribution in [3.05, 3.63) is 97.2 Å². The van der Waals surface area contributed by atoms with Crippen LogP contribution >= 0.6 is 0 Å². The normalized spacial score (nSPS) is 24.5. The lowest BCUT2D eigenvalue weighted by Gasteiger charge is -2.46. The SMILES string of the molecule is CC/C=C\C/C=C\C/C=C\C/C=C\C/C=C\CCCCCCCCCCCCCCCCCCCCCC(=O)NC(COC1OC(CO)C(OC2OC(CO)C(O)C(O)C2O)C(O)C1O)C(O)/C=C/CC/C=C/CC/C=C/CCCCCC. The Morgan fingerprint density at radius 3 is 1.33 bits per heavy atom. The van der Waals surface area contributed by atoms with Crippen LogP contribution in [0.25, 0.3) is 0 Å². The molecule has 14 heteroatoms. The number of hydrogen-bond donors (Lipinski definition) is 9. The standard InChI is InChI=1S/C69H119NO13/c1-3-5-7-9-11-13-15-17-19-20-21-22-23-24-25-26-27-28-29-30-31-32-33-34-35-36-37-38-39-41-43-45-47-49-51-53-61(74)70-57(58(73)52-50-48-46-44-42-40-18-16-14-12-10-8-6-4-2)56-80-68-66(79)64(77)67(60(55-72)82-68)83-69-65(78)63(76)62(75)59(54-71)81-69/h5,7,11,13-14,16-17,19,21-22,24-25,42,44,50,52,57-60,62-69,71-73,75-79H,3-4,6,8-10,12,15,18,20,23,26-41,43,45-49,51,53-56H2,1-2H3,(H,70,74)/b7-5-,13-11-,16-14+,19-17-,22-21-,25-24-,44-42+,52-50+. The maximum absolute atomic E-state index is 13.3. The predicted molar refractivity (Wildman–Crippen MR) is 336 cm³/mol. The maximum atomic E-state index is 13.3. The minimum Gasteiger partial charge on any atom is -0.394 e. The summed E-state index contributed by atoms with van der Waals surface area (Å²) in [6.45, 7) is 2.63. The highest BCUT2D eigenvalue weighted by atomic mass is 16.7. The van der Waals surface area contributed by atoms with Gasteiger partial charge in [-0.25, -0.2) is 0 Å². The molecular weight excluding hydrogens is 1050 g/mol. The van der Waals surface area contributed by atoms with Crippen molar-refractivity contribution in [1.29, 1.82) is 0 Å². The number of carbonyl (C=O) groups excluding carboxylic acids is 1. The Kier molecular flexibility index (Phi) is 48.7. The van der Waals surface area contributed by atoms with E-state index in [9.17, 15) is 45.6 Å². The van der Waals surface area contributed by atoms with E-state index in [1.807, 2.05) is 6.08 Å². The van der Waals surface area contributed by atoms with Gasteiger partial charge in [-0.2, -0.15) is 0 Å². The van der Waals surface area contributed by atoms with Gasteiger partial charge in [-0.1, -0.05) is 239 Å². The van der Waals surface area contributed by atoms with Crippen molar-refractivity contribution in [2.75, 3.05) is 19.8 Å². The quantitative estimate of drug-likeness (QED) is 0.0204. The summed E-state index contributed by atoms with van der Waals surface area (Å²) in [5.41, 5.74) is 0. The molecule has 14 nitrogen and oxygen atoms in total. The van der Waals surface area contributed by atoms with Gasteiger partial charge in [0.05, 0.1) is 32.0 Å². The molecule has 0 aromatic carbocycles. The Morgan fingerprint density at radius 2 is 0.843 bits per heavy atom. The molecule has 12 unspecified atom stereocenters. The van der Waals surface area contributed by atoms with Crippen LogP contribution in [0, 0.1) is 0 Å². The molecule has 9 N–H and O–H groups in total. The highest BCUT2D eigenvalue weighted by Crippen LogP contribution is 2.30. The molecular formula is C69H119NO13. The highest BCUT2D eigenvalue weighted by Gasteiger charge is 2.51.